The first-order valence-electron chi connectivity index (χ1n) is 37.6. The largest absolute Gasteiger partial charge is 0.487 e. The van der Waals surface area contributed by atoms with Crippen molar-refractivity contribution < 1.29 is 37.9 Å². The van der Waals surface area contributed by atoms with E-state index in [0.29, 0.717) is 57.6 Å². The lowest BCUT2D eigenvalue weighted by Crippen LogP contribution is -2.39. The number of fused-ring (bicyclic) bond motifs is 4. The minimum absolute atomic E-state index is 0.300. The summed E-state index contributed by atoms with van der Waals surface area (Å²) in [5, 5.41) is 19.8. The lowest BCUT2D eigenvalue weighted by atomic mass is 10.0. The number of morpholine rings is 1. The summed E-state index contributed by atoms with van der Waals surface area (Å²) in [5.74, 6) is 5.74. The van der Waals surface area contributed by atoms with Gasteiger partial charge in [0.1, 0.15) is 70.1 Å². The van der Waals surface area contributed by atoms with Gasteiger partial charge in [-0.2, -0.15) is 0 Å². The summed E-state index contributed by atoms with van der Waals surface area (Å²) < 4.78 is 48.8. The summed E-state index contributed by atoms with van der Waals surface area (Å²) >= 11 is 21.1. The Balaban J connectivity index is 0.000000169. The van der Waals surface area contributed by atoms with Crippen LogP contribution in [0.25, 0.3) is 60.8 Å². The zero-order valence-corrected chi connectivity index (χ0v) is 69.9. The average Bonchev–Trinajstić information content (AvgIpc) is 1.16. The van der Waals surface area contributed by atoms with Gasteiger partial charge in [0.2, 0.25) is 11.8 Å². The molecule has 24 heteroatoms. The van der Waals surface area contributed by atoms with Crippen molar-refractivity contribution in [3.63, 3.8) is 0 Å². The van der Waals surface area contributed by atoms with E-state index in [9.17, 15) is 0 Å². The zero-order chi connectivity index (χ0) is 78.1. The molecule has 12 rings (SSSR count). The third-order valence-electron chi connectivity index (χ3n) is 16.6. The molecule has 2 saturated heterocycles. The van der Waals surface area contributed by atoms with E-state index in [-0.39, 0.29) is 22.4 Å². The van der Waals surface area contributed by atoms with Crippen molar-refractivity contribution in [3.05, 3.63) is 135 Å². The summed E-state index contributed by atoms with van der Waals surface area (Å²) in [6.07, 6.45) is 7.10. The van der Waals surface area contributed by atoms with E-state index in [1.165, 1.54) is 25.1 Å². The van der Waals surface area contributed by atoms with Gasteiger partial charge in [0.15, 0.2) is 10.9 Å². The van der Waals surface area contributed by atoms with Crippen molar-refractivity contribution >= 4 is 101 Å². The second-order valence-corrected chi connectivity index (χ2v) is 34.0. The second-order valence-electron chi connectivity index (χ2n) is 31.9. The predicted molar refractivity (Wildman–Crippen MR) is 446 cm³/mol. The summed E-state index contributed by atoms with van der Waals surface area (Å²) in [5.41, 5.74) is 5.79. The smallest absolute Gasteiger partial charge is 0.217 e. The Labute approximate surface area is 658 Å². The number of pyridine rings is 4. The molecule has 2 fully saturated rings. The first-order chi connectivity index (χ1) is 51.1. The number of hydrogen-bond donors (Lipinski definition) is 2. The average molecular weight is 1560 g/mol. The van der Waals surface area contributed by atoms with Gasteiger partial charge in [-0.1, -0.05) is 59.1 Å². The van der Waals surface area contributed by atoms with Crippen LogP contribution in [0.4, 0.5) is 10.9 Å². The van der Waals surface area contributed by atoms with Gasteiger partial charge in [0, 0.05) is 115 Å². The Bertz CT molecular complexity index is 4550. The molecule has 0 spiro atoms. The number of ether oxygens (including phenoxy) is 8. The third kappa shape index (κ3) is 26.0. The number of para-hydroxylation sites is 2. The van der Waals surface area contributed by atoms with Gasteiger partial charge in [-0.15, -0.1) is 16.4 Å². The maximum absolute atomic E-state index is 6.96. The first-order valence-corrected chi connectivity index (χ1v) is 39.6. The zero-order valence-electron chi connectivity index (χ0n) is 66.8. The van der Waals surface area contributed by atoms with Gasteiger partial charge in [0.25, 0.3) is 0 Å². The van der Waals surface area contributed by atoms with Crippen LogP contribution >= 0.6 is 46.1 Å². The Kier molecular flexibility index (Phi) is 30.0. The number of methoxy groups -OCH3 is 1. The maximum atomic E-state index is 6.96. The van der Waals surface area contributed by atoms with E-state index < -0.39 is 0 Å². The fourth-order valence-corrected chi connectivity index (χ4v) is 13.3. The lowest BCUT2D eigenvalue weighted by molar-refractivity contribution is 0.0374. The molecular formula is C84H113Cl3N12O8S. The van der Waals surface area contributed by atoms with Crippen molar-refractivity contribution in [1.29, 1.82) is 0 Å². The van der Waals surface area contributed by atoms with Gasteiger partial charge in [-0.25, -0.2) is 29.6 Å². The van der Waals surface area contributed by atoms with Gasteiger partial charge >= 0.3 is 0 Å². The predicted octanol–water partition coefficient (Wildman–Crippen LogP) is 19.4. The summed E-state index contributed by atoms with van der Waals surface area (Å²) in [6, 6.07) is 32.2. The number of aryl methyl sites for hydroxylation is 2. The summed E-state index contributed by atoms with van der Waals surface area (Å²) in [4.78, 5) is 30.5. The monoisotopic (exact) mass is 1550 g/mol. The first kappa shape index (κ1) is 84.4. The second kappa shape index (κ2) is 38.4. The number of nitrogens with zero attached hydrogens (tertiary/aromatic N) is 10. The fraction of sp³-hybridized carbons (Fsp3) is 0.500. The Morgan fingerprint density at radius 1 is 0.546 bits per heavy atom. The SMILES string of the molecule is CC(C)(C)Oc1cc(OCCN2CCC2)nc2c(Cl)cccc12.CC(C)Nc1nc(-c2cc(OC(C)(C)C)c3ccc(CCCN4CCOCC4)c(Cl)c3n2)cs1.CN(C)CCOc1cc(OC(C)(C)C)c2cccc(Cl)c2n1.COCCCc1ccc2c(OC(C)(C)C)cc(-n3ccc(NC(C)C)n3)nc2c1. The third-order valence-corrected chi connectivity index (χ3v) is 18.4. The lowest BCUT2D eigenvalue weighted by Gasteiger charge is -2.30. The standard InChI is InChI=1S/C26H35ClN4O2S.C23H32N4O2.C18H23ClN2O2.C17H23ClN2O2/c1-17(2)28-25-30-21(16-34-25)20-15-22(33-26(3,4)5)19-9-8-18(23(27)24(19)29-20)7-6-10-31-11-13-32-14-12-31;1-16(2)24-21-11-12-27(26-21)22-15-20(29-23(3,4)5)18-10-9-17(8-7-13-28-6)14-19(18)25-22;1-18(2,3)23-15-12-16(22-11-10-21-8-5-9-21)20-17-13(15)6-4-7-14(17)19;1-17(2,3)22-14-11-15(21-10-9-20(4)5)19-16-12(14)7-6-8-13(16)18/h8-9,15-17H,6-7,10-14H2,1-5H3,(H,28,30);9-12,14-16H,7-8,13H2,1-6H3,(H,24,26);4,6-7,12H,5,8-11H2,1-3H3;6-8,11H,9-10H2,1-5H3. The number of likely N-dealkylation sites (tertiary alicyclic amines) is 1. The molecule has 0 saturated carbocycles. The number of benzene rings is 4. The highest BCUT2D eigenvalue weighted by Crippen LogP contribution is 2.40. The highest BCUT2D eigenvalue weighted by molar-refractivity contribution is 7.14. The summed E-state index contributed by atoms with van der Waals surface area (Å²) in [7, 11) is 5.74. The molecule has 0 aliphatic carbocycles. The van der Waals surface area contributed by atoms with Crippen LogP contribution in [0.1, 0.15) is 141 Å². The highest BCUT2D eigenvalue weighted by Gasteiger charge is 2.24. The molecule has 10 aromatic rings. The molecule has 20 nitrogen and oxygen atoms in total. The molecule has 0 amide bonds. The number of rotatable bonds is 26. The van der Waals surface area contributed by atoms with E-state index in [2.05, 4.69) is 119 Å². The maximum Gasteiger partial charge on any atom is 0.217 e. The van der Waals surface area contributed by atoms with E-state index >= 15 is 0 Å². The number of nitrogens with one attached hydrogen (secondary N) is 2. The Morgan fingerprint density at radius 2 is 1.10 bits per heavy atom. The Morgan fingerprint density at radius 3 is 1.66 bits per heavy atom. The molecule has 4 aromatic carbocycles. The van der Waals surface area contributed by atoms with Gasteiger partial charge < -0.3 is 53.4 Å². The molecular weight excluding hydrogens is 1440 g/mol. The minimum Gasteiger partial charge on any atom is -0.487 e. The highest BCUT2D eigenvalue weighted by atomic mass is 35.5. The molecule has 584 valence electrons. The molecule has 0 atom stereocenters. The van der Waals surface area contributed by atoms with Gasteiger partial charge in [-0.3, -0.25) is 9.80 Å². The van der Waals surface area contributed by atoms with Crippen molar-refractivity contribution in [1.82, 2.24) is 49.4 Å². The molecule has 8 heterocycles. The van der Waals surface area contributed by atoms with Crippen LogP contribution in [-0.2, 0) is 22.3 Å². The van der Waals surface area contributed by atoms with Crippen LogP contribution in [0.3, 0.4) is 0 Å². The molecule has 2 aliphatic rings. The van der Waals surface area contributed by atoms with Crippen LogP contribution in [0.5, 0.6) is 34.8 Å². The Hall–Kier alpha value is -7.57. The molecule has 6 aromatic heterocycles. The molecule has 0 unspecified atom stereocenters. The van der Waals surface area contributed by atoms with Gasteiger partial charge in [0.05, 0.1) is 56.0 Å². The van der Waals surface area contributed by atoms with E-state index in [0.717, 1.165) is 173 Å². The van der Waals surface area contributed by atoms with Gasteiger partial charge in [-0.05, 0) is 230 Å². The minimum atomic E-state index is -0.346. The number of anilines is 2. The summed E-state index contributed by atoms with van der Waals surface area (Å²) in [6.45, 7) is 43.5. The number of likely N-dealkylation sites (N-methyl/N-ethyl adjacent to an activating group) is 1. The van der Waals surface area contributed by atoms with Crippen LogP contribution in [-0.4, -0.2) is 184 Å². The quantitative estimate of drug-likeness (QED) is 0.0486. The van der Waals surface area contributed by atoms with E-state index in [4.69, 9.17) is 87.6 Å². The van der Waals surface area contributed by atoms with Crippen LogP contribution in [0.2, 0.25) is 15.1 Å². The van der Waals surface area contributed by atoms with Crippen molar-refractivity contribution in [3.8, 4) is 52.0 Å². The molecule has 2 aliphatic heterocycles. The number of halogens is 3. The number of aromatic nitrogens is 7. The van der Waals surface area contributed by atoms with Crippen LogP contribution < -0.4 is 39.1 Å². The molecule has 0 radical (unpaired) electrons. The van der Waals surface area contributed by atoms with Crippen molar-refractivity contribution in [2.75, 3.05) is 111 Å². The van der Waals surface area contributed by atoms with E-state index in [1.807, 2.05) is 155 Å². The van der Waals surface area contributed by atoms with Crippen LogP contribution in [0, 0.1) is 0 Å². The van der Waals surface area contributed by atoms with E-state index in [1.54, 1.807) is 23.1 Å². The number of hydrogen-bond acceptors (Lipinski definition) is 20. The molecule has 0 bridgehead atoms. The van der Waals surface area contributed by atoms with Crippen molar-refractivity contribution in [2.24, 2.45) is 0 Å². The molecule has 108 heavy (non-hydrogen) atoms. The van der Waals surface area contributed by atoms with Crippen molar-refractivity contribution in [2.45, 2.75) is 177 Å². The fourth-order valence-electron chi connectivity index (χ4n) is 11.7. The number of thiazole rings is 1. The molecule has 2 N–H and O–H groups in total. The topological polar surface area (TPSA) is 190 Å². The van der Waals surface area contributed by atoms with Crippen LogP contribution in [0.15, 0.2) is 109 Å². The normalized spacial score (nSPS) is 13.8.